The zero-order valence-electron chi connectivity index (χ0n) is 10.2. The van der Waals surface area contributed by atoms with Gasteiger partial charge in [-0.15, -0.1) is 0 Å². The van der Waals surface area contributed by atoms with Crippen LogP contribution in [0.2, 0.25) is 0 Å². The summed E-state index contributed by atoms with van der Waals surface area (Å²) in [6.07, 6.45) is 0. The summed E-state index contributed by atoms with van der Waals surface area (Å²) in [6, 6.07) is 3.91. The van der Waals surface area contributed by atoms with Crippen molar-refractivity contribution in [3.63, 3.8) is 0 Å². The van der Waals surface area contributed by atoms with Gasteiger partial charge in [0.2, 0.25) is 0 Å². The van der Waals surface area contributed by atoms with E-state index in [1.54, 1.807) is 0 Å². The second-order valence-corrected chi connectivity index (χ2v) is 4.49. The molecule has 1 unspecified atom stereocenters. The maximum Gasteiger partial charge on any atom is 0.272 e. The fourth-order valence-electron chi connectivity index (χ4n) is 1.36. The van der Waals surface area contributed by atoms with Crippen molar-refractivity contribution < 1.29 is 9.31 Å². The van der Waals surface area contributed by atoms with Crippen molar-refractivity contribution in [2.75, 3.05) is 0 Å². The number of nitro groups is 1. The van der Waals surface area contributed by atoms with Gasteiger partial charge in [-0.3, -0.25) is 10.1 Å². The lowest BCUT2D eigenvalue weighted by Crippen LogP contribution is -2.30. The summed E-state index contributed by atoms with van der Waals surface area (Å²) in [6.45, 7) is 6.60. The van der Waals surface area contributed by atoms with Gasteiger partial charge < -0.3 is 5.32 Å². The molecule has 0 saturated carbocycles. The van der Waals surface area contributed by atoms with Gasteiger partial charge in [-0.05, 0) is 24.5 Å². The Morgan fingerprint density at radius 2 is 2.00 bits per heavy atom. The highest BCUT2D eigenvalue weighted by Gasteiger charge is 2.11. The van der Waals surface area contributed by atoms with Crippen LogP contribution in [0.5, 0.6) is 0 Å². The van der Waals surface area contributed by atoms with Gasteiger partial charge >= 0.3 is 0 Å². The van der Waals surface area contributed by atoms with Gasteiger partial charge in [0.15, 0.2) is 0 Å². The second kappa shape index (κ2) is 5.72. The summed E-state index contributed by atoms with van der Waals surface area (Å²) in [7, 11) is 0. The highest BCUT2D eigenvalue weighted by molar-refractivity contribution is 5.35. The first-order chi connectivity index (χ1) is 7.90. The Bertz CT molecular complexity index is 407. The van der Waals surface area contributed by atoms with Crippen molar-refractivity contribution in [2.45, 2.75) is 33.4 Å². The smallest absolute Gasteiger partial charge is 0.272 e. The molecule has 94 valence electrons. The third-order valence-corrected chi connectivity index (χ3v) is 2.78. The maximum absolute atomic E-state index is 13.1. The van der Waals surface area contributed by atoms with Crippen LogP contribution in [0.25, 0.3) is 0 Å². The summed E-state index contributed by atoms with van der Waals surface area (Å²) in [5.41, 5.74) is 0.378. The number of rotatable bonds is 5. The van der Waals surface area contributed by atoms with Crippen LogP contribution in [-0.4, -0.2) is 11.0 Å². The molecular weight excluding hydrogens is 223 g/mol. The first kappa shape index (κ1) is 13.6. The van der Waals surface area contributed by atoms with Crippen LogP contribution in [0.1, 0.15) is 26.3 Å². The molecule has 1 aromatic carbocycles. The van der Waals surface area contributed by atoms with Gasteiger partial charge in [-0.2, -0.15) is 0 Å². The summed E-state index contributed by atoms with van der Waals surface area (Å²) < 4.78 is 13.1. The minimum atomic E-state index is -0.585. The molecule has 1 rings (SSSR count). The number of hydrogen-bond acceptors (Lipinski definition) is 3. The molecule has 17 heavy (non-hydrogen) atoms. The molecule has 4 nitrogen and oxygen atoms in total. The number of non-ortho nitro benzene ring substituents is 1. The van der Waals surface area contributed by atoms with Crippen molar-refractivity contribution in [2.24, 2.45) is 5.92 Å². The van der Waals surface area contributed by atoms with Crippen LogP contribution in [0.4, 0.5) is 10.1 Å². The average Bonchev–Trinajstić information content (AvgIpc) is 2.24. The minimum absolute atomic E-state index is 0.209. The first-order valence-electron chi connectivity index (χ1n) is 5.57. The molecule has 0 spiro atoms. The van der Waals surface area contributed by atoms with E-state index in [0.717, 1.165) is 6.07 Å². The van der Waals surface area contributed by atoms with E-state index >= 15 is 0 Å². The Morgan fingerprint density at radius 3 is 2.53 bits per heavy atom. The van der Waals surface area contributed by atoms with Gasteiger partial charge in [-0.1, -0.05) is 13.8 Å². The van der Waals surface area contributed by atoms with E-state index in [1.807, 2.05) is 6.92 Å². The minimum Gasteiger partial charge on any atom is -0.310 e. The highest BCUT2D eigenvalue weighted by atomic mass is 19.1. The molecule has 0 aliphatic heterocycles. The second-order valence-electron chi connectivity index (χ2n) is 4.49. The molecule has 1 N–H and O–H groups in total. The van der Waals surface area contributed by atoms with E-state index in [4.69, 9.17) is 0 Å². The molecule has 0 aliphatic carbocycles. The molecule has 1 aromatic rings. The number of nitrogens with zero attached hydrogens (tertiary/aromatic N) is 1. The van der Waals surface area contributed by atoms with E-state index in [9.17, 15) is 14.5 Å². The van der Waals surface area contributed by atoms with Crippen molar-refractivity contribution in [1.82, 2.24) is 5.32 Å². The predicted molar refractivity (Wildman–Crippen MR) is 64.2 cm³/mol. The molecule has 1 atom stereocenters. The predicted octanol–water partition coefficient (Wildman–Crippen LogP) is 2.87. The van der Waals surface area contributed by atoms with Gasteiger partial charge in [0.05, 0.1) is 11.0 Å². The Balaban J connectivity index is 2.74. The van der Waals surface area contributed by atoms with Gasteiger partial charge in [-0.25, -0.2) is 4.39 Å². The van der Waals surface area contributed by atoms with Crippen LogP contribution in [0.3, 0.4) is 0 Å². The van der Waals surface area contributed by atoms with E-state index < -0.39 is 10.7 Å². The topological polar surface area (TPSA) is 55.2 Å². The molecule has 0 heterocycles. The van der Waals surface area contributed by atoms with E-state index in [-0.39, 0.29) is 11.7 Å². The fourth-order valence-corrected chi connectivity index (χ4v) is 1.36. The van der Waals surface area contributed by atoms with E-state index in [0.29, 0.717) is 18.0 Å². The zero-order chi connectivity index (χ0) is 13.0. The normalized spacial score (nSPS) is 12.8. The molecule has 0 bridgehead atoms. The van der Waals surface area contributed by atoms with Crippen LogP contribution < -0.4 is 5.32 Å². The third kappa shape index (κ3) is 4.11. The summed E-state index contributed by atoms with van der Waals surface area (Å²) in [5, 5.41) is 13.8. The third-order valence-electron chi connectivity index (χ3n) is 2.78. The monoisotopic (exact) mass is 240 g/mol. The lowest BCUT2D eigenvalue weighted by molar-refractivity contribution is -0.385. The van der Waals surface area contributed by atoms with Crippen molar-refractivity contribution >= 4 is 5.69 Å². The summed E-state index contributed by atoms with van der Waals surface area (Å²) in [5.74, 6) is -0.119. The van der Waals surface area contributed by atoms with Crippen LogP contribution >= 0.6 is 0 Å². The van der Waals surface area contributed by atoms with Crippen LogP contribution in [0.15, 0.2) is 18.2 Å². The number of benzene rings is 1. The van der Waals surface area contributed by atoms with Crippen molar-refractivity contribution in [1.29, 1.82) is 0 Å². The molecule has 0 saturated heterocycles. The SMILES string of the molecule is CC(C)C(C)NCc1cc(F)cc([N+](=O)[O-])c1. The number of nitrogens with one attached hydrogen (secondary N) is 1. The average molecular weight is 240 g/mol. The van der Waals surface area contributed by atoms with E-state index in [2.05, 4.69) is 19.2 Å². The lowest BCUT2D eigenvalue weighted by atomic mass is 10.1. The molecule has 0 amide bonds. The van der Waals surface area contributed by atoms with Gasteiger partial charge in [0.25, 0.3) is 5.69 Å². The largest absolute Gasteiger partial charge is 0.310 e. The van der Waals surface area contributed by atoms with Crippen LogP contribution in [-0.2, 0) is 6.54 Å². The van der Waals surface area contributed by atoms with Crippen molar-refractivity contribution in [3.05, 3.63) is 39.7 Å². The standard InChI is InChI=1S/C12H17FN2O2/c1-8(2)9(3)14-7-10-4-11(13)6-12(5-10)15(16)17/h4-6,8-9,14H,7H2,1-3H3. The Hall–Kier alpha value is -1.49. The van der Waals surface area contributed by atoms with Gasteiger partial charge in [0.1, 0.15) is 5.82 Å². The fraction of sp³-hybridized carbons (Fsp3) is 0.500. The molecule has 0 fully saturated rings. The van der Waals surface area contributed by atoms with E-state index in [1.165, 1.54) is 12.1 Å². The molecule has 0 radical (unpaired) electrons. The summed E-state index contributed by atoms with van der Waals surface area (Å²) >= 11 is 0. The zero-order valence-corrected chi connectivity index (χ0v) is 10.2. The molecule has 0 aliphatic rings. The van der Waals surface area contributed by atoms with Crippen LogP contribution in [0, 0.1) is 21.8 Å². The lowest BCUT2D eigenvalue weighted by Gasteiger charge is -2.17. The maximum atomic E-state index is 13.1. The quantitative estimate of drug-likeness (QED) is 0.636. The summed E-state index contributed by atoms with van der Waals surface area (Å²) in [4.78, 5) is 9.99. The first-order valence-corrected chi connectivity index (χ1v) is 5.57. The highest BCUT2D eigenvalue weighted by Crippen LogP contribution is 2.16. The Labute approximate surface area is 100.0 Å². The number of halogens is 1. The van der Waals surface area contributed by atoms with Crippen molar-refractivity contribution in [3.8, 4) is 0 Å². The number of hydrogen-bond donors (Lipinski definition) is 1. The Kier molecular flexibility index (Phi) is 4.57. The number of nitro benzene ring substituents is 1. The molecular formula is C12H17FN2O2. The van der Waals surface area contributed by atoms with Gasteiger partial charge in [0, 0.05) is 18.7 Å². The molecule has 0 aromatic heterocycles. The Morgan fingerprint density at radius 1 is 1.35 bits per heavy atom. The molecule has 5 heteroatoms.